The number of rotatable bonds is 8. The second-order valence-corrected chi connectivity index (χ2v) is 7.66. The lowest BCUT2D eigenvalue weighted by atomic mass is 10.1. The predicted molar refractivity (Wildman–Crippen MR) is 101 cm³/mol. The molecule has 0 radical (unpaired) electrons. The first-order chi connectivity index (χ1) is 16.4. The number of nitrogens with one attached hydrogen (secondary N) is 1. The first-order valence-electron chi connectivity index (χ1n) is 9.83. The van der Waals surface area contributed by atoms with Gasteiger partial charge in [0.25, 0.3) is 11.8 Å². The summed E-state index contributed by atoms with van der Waals surface area (Å²) in [5.74, 6) is -10.0. The van der Waals surface area contributed by atoms with Crippen molar-refractivity contribution in [2.75, 3.05) is 24.5 Å². The van der Waals surface area contributed by atoms with Gasteiger partial charge in [-0.2, -0.15) is 35.1 Å². The molecule has 0 aliphatic carbocycles. The molecule has 0 spiro atoms. The van der Waals surface area contributed by atoms with Crippen molar-refractivity contribution in [1.29, 1.82) is 0 Å². The van der Waals surface area contributed by atoms with E-state index in [4.69, 9.17) is 4.74 Å². The molecular formula is C19H18F9N3O5. The molecule has 3 atom stereocenters. The van der Waals surface area contributed by atoms with Crippen LogP contribution >= 0.6 is 0 Å². The minimum Gasteiger partial charge on any atom is -0.486 e. The Bertz CT molecular complexity index is 986. The Balaban J connectivity index is 2.29. The van der Waals surface area contributed by atoms with E-state index in [9.17, 15) is 59.0 Å². The standard InChI is InChI=1S/C19H18F9N3O5/c1-9-14(30(8-32)5-12(33)15(34)29-6-17(21,22)19(26,27)28)16(35)31(7-18(23,24)25)11-4-10(20)2-3-13(11)36-9/h2-4,8-9,12,14,33H,5-7H2,1H3,(H,29,34)/t9-,12?,14+/m1/s1. The number of carbonyl (C=O) groups excluding carboxylic acids is 3. The van der Waals surface area contributed by atoms with Gasteiger partial charge in [0.1, 0.15) is 36.4 Å². The van der Waals surface area contributed by atoms with Gasteiger partial charge in [0.2, 0.25) is 6.41 Å². The number of aliphatic hydroxyl groups excluding tert-OH is 1. The molecule has 8 nitrogen and oxygen atoms in total. The van der Waals surface area contributed by atoms with Crippen molar-refractivity contribution in [3.05, 3.63) is 24.0 Å². The zero-order valence-corrected chi connectivity index (χ0v) is 18.0. The summed E-state index contributed by atoms with van der Waals surface area (Å²) in [7, 11) is 0. The maximum atomic E-state index is 13.7. The average Bonchev–Trinajstić information content (AvgIpc) is 2.83. The second kappa shape index (κ2) is 10.4. The number of hydrogen-bond donors (Lipinski definition) is 2. The lowest BCUT2D eigenvalue weighted by Crippen LogP contribution is -2.58. The fourth-order valence-electron chi connectivity index (χ4n) is 3.22. The summed E-state index contributed by atoms with van der Waals surface area (Å²) < 4.78 is 121. The van der Waals surface area contributed by atoms with Crippen molar-refractivity contribution in [2.45, 2.75) is 43.4 Å². The van der Waals surface area contributed by atoms with E-state index < -0.39 is 79.5 Å². The van der Waals surface area contributed by atoms with E-state index in [0.29, 0.717) is 11.0 Å². The van der Waals surface area contributed by atoms with Crippen LogP contribution in [-0.2, 0) is 14.4 Å². The molecule has 2 rings (SSSR count). The smallest absolute Gasteiger partial charge is 0.455 e. The molecule has 1 aliphatic rings. The highest BCUT2D eigenvalue weighted by Crippen LogP contribution is 2.37. The molecule has 17 heteroatoms. The van der Waals surface area contributed by atoms with Crippen molar-refractivity contribution in [3.63, 3.8) is 0 Å². The van der Waals surface area contributed by atoms with Crippen LogP contribution in [0.4, 0.5) is 45.2 Å². The molecule has 1 heterocycles. The minimum absolute atomic E-state index is 0.0689. The van der Waals surface area contributed by atoms with E-state index in [1.54, 1.807) is 0 Å². The van der Waals surface area contributed by atoms with Crippen LogP contribution in [0.2, 0.25) is 0 Å². The molecule has 0 bridgehead atoms. The SMILES string of the molecule is C[C@H]1Oc2ccc(F)cc2N(CC(F)(F)F)C(=O)[C@H]1N(C=O)CC(O)C(=O)NCC(F)(F)C(F)(F)F. The van der Waals surface area contributed by atoms with Gasteiger partial charge in [-0.15, -0.1) is 0 Å². The van der Waals surface area contributed by atoms with Crippen LogP contribution in [0, 0.1) is 5.82 Å². The Morgan fingerprint density at radius 2 is 1.83 bits per heavy atom. The molecule has 1 unspecified atom stereocenters. The van der Waals surface area contributed by atoms with Crippen molar-refractivity contribution in [3.8, 4) is 5.75 Å². The van der Waals surface area contributed by atoms with Crippen molar-refractivity contribution in [2.24, 2.45) is 0 Å². The number of ether oxygens (including phenoxy) is 1. The Labute approximate surface area is 196 Å². The number of alkyl halides is 8. The van der Waals surface area contributed by atoms with Crippen molar-refractivity contribution < 1.29 is 63.7 Å². The highest BCUT2D eigenvalue weighted by molar-refractivity contribution is 6.00. The minimum atomic E-state index is -6.02. The first-order valence-corrected chi connectivity index (χ1v) is 9.83. The molecule has 202 valence electrons. The molecule has 2 N–H and O–H groups in total. The summed E-state index contributed by atoms with van der Waals surface area (Å²) in [6.45, 7) is -4.28. The van der Waals surface area contributed by atoms with Crippen LogP contribution in [-0.4, -0.2) is 84.4 Å². The molecule has 3 amide bonds. The third kappa shape index (κ3) is 6.70. The third-order valence-electron chi connectivity index (χ3n) is 4.90. The third-order valence-corrected chi connectivity index (χ3v) is 4.90. The molecule has 0 saturated heterocycles. The number of halogens is 9. The number of nitrogens with zero attached hydrogens (tertiary/aromatic N) is 2. The Hall–Kier alpha value is -3.24. The van der Waals surface area contributed by atoms with E-state index in [1.807, 2.05) is 0 Å². The monoisotopic (exact) mass is 539 g/mol. The molecule has 1 aromatic rings. The Morgan fingerprint density at radius 1 is 1.22 bits per heavy atom. The largest absolute Gasteiger partial charge is 0.486 e. The van der Waals surface area contributed by atoms with Gasteiger partial charge in [-0.25, -0.2) is 4.39 Å². The zero-order chi connectivity index (χ0) is 27.6. The van der Waals surface area contributed by atoms with Crippen LogP contribution in [0.25, 0.3) is 0 Å². The number of carbonyl (C=O) groups is 3. The lowest BCUT2D eigenvalue weighted by molar-refractivity contribution is -0.278. The summed E-state index contributed by atoms with van der Waals surface area (Å²) in [5, 5.41) is 11.1. The second-order valence-electron chi connectivity index (χ2n) is 7.66. The normalized spacial score (nSPS) is 19.6. The van der Waals surface area contributed by atoms with Crippen LogP contribution in [0.15, 0.2) is 18.2 Å². The molecular weight excluding hydrogens is 521 g/mol. The van der Waals surface area contributed by atoms with E-state index in [2.05, 4.69) is 0 Å². The number of benzene rings is 1. The topological polar surface area (TPSA) is 99.2 Å². The molecule has 0 saturated carbocycles. The lowest BCUT2D eigenvalue weighted by Gasteiger charge is -2.33. The van der Waals surface area contributed by atoms with Crippen molar-refractivity contribution in [1.82, 2.24) is 10.2 Å². The van der Waals surface area contributed by atoms with Gasteiger partial charge in [0.05, 0.1) is 18.8 Å². The first kappa shape index (κ1) is 29.0. The summed E-state index contributed by atoms with van der Waals surface area (Å²) >= 11 is 0. The van der Waals surface area contributed by atoms with Gasteiger partial charge >= 0.3 is 18.3 Å². The molecule has 0 fully saturated rings. The number of aliphatic hydroxyl groups is 1. The average molecular weight is 539 g/mol. The molecule has 36 heavy (non-hydrogen) atoms. The number of anilines is 1. The summed E-state index contributed by atoms with van der Waals surface area (Å²) in [4.78, 5) is 36.9. The summed E-state index contributed by atoms with van der Waals surface area (Å²) in [6.07, 6.45) is -15.1. The van der Waals surface area contributed by atoms with Crippen LogP contribution in [0.3, 0.4) is 0 Å². The van der Waals surface area contributed by atoms with Gasteiger partial charge in [0, 0.05) is 6.07 Å². The highest BCUT2D eigenvalue weighted by Gasteiger charge is 2.57. The maximum absolute atomic E-state index is 13.7. The quantitative estimate of drug-likeness (QED) is 0.389. The molecule has 1 aromatic carbocycles. The van der Waals surface area contributed by atoms with Gasteiger partial charge in [-0.1, -0.05) is 0 Å². The van der Waals surface area contributed by atoms with Gasteiger partial charge in [0.15, 0.2) is 0 Å². The predicted octanol–water partition coefficient (Wildman–Crippen LogP) is 2.00. The van der Waals surface area contributed by atoms with E-state index in [-0.39, 0.29) is 17.1 Å². The van der Waals surface area contributed by atoms with Crippen LogP contribution in [0.5, 0.6) is 5.75 Å². The van der Waals surface area contributed by atoms with E-state index in [0.717, 1.165) is 24.4 Å². The van der Waals surface area contributed by atoms with E-state index in [1.165, 1.54) is 0 Å². The molecule has 0 aromatic heterocycles. The summed E-state index contributed by atoms with van der Waals surface area (Å²) in [5.41, 5.74) is -0.634. The zero-order valence-electron chi connectivity index (χ0n) is 18.0. The maximum Gasteiger partial charge on any atom is 0.455 e. The van der Waals surface area contributed by atoms with Crippen molar-refractivity contribution >= 4 is 23.9 Å². The van der Waals surface area contributed by atoms with Gasteiger partial charge in [-0.05, 0) is 19.1 Å². The van der Waals surface area contributed by atoms with Gasteiger partial charge < -0.3 is 20.1 Å². The van der Waals surface area contributed by atoms with Crippen LogP contribution in [0.1, 0.15) is 6.92 Å². The summed E-state index contributed by atoms with van der Waals surface area (Å²) in [6, 6.07) is 0.362. The van der Waals surface area contributed by atoms with E-state index >= 15 is 0 Å². The fraction of sp³-hybridized carbons (Fsp3) is 0.526. The Kier molecular flexibility index (Phi) is 8.37. The number of amides is 3. The molecule has 1 aliphatic heterocycles. The van der Waals surface area contributed by atoms with Gasteiger partial charge in [-0.3, -0.25) is 19.3 Å². The highest BCUT2D eigenvalue weighted by atomic mass is 19.4. The fourth-order valence-corrected chi connectivity index (χ4v) is 3.22. The number of hydrogen-bond acceptors (Lipinski definition) is 5. The Morgan fingerprint density at radius 3 is 2.36 bits per heavy atom. The van der Waals surface area contributed by atoms with Crippen LogP contribution < -0.4 is 15.0 Å². The number of fused-ring (bicyclic) bond motifs is 1.